The van der Waals surface area contributed by atoms with Crippen LogP contribution in [0, 0.1) is 0 Å². The third-order valence-electron chi connectivity index (χ3n) is 3.56. The Hall–Kier alpha value is -1.28. The maximum atomic E-state index is 12.0. The van der Waals surface area contributed by atoms with E-state index < -0.39 is 0 Å². The van der Waals surface area contributed by atoms with Gasteiger partial charge in [0.25, 0.3) is 0 Å². The highest BCUT2D eigenvalue weighted by molar-refractivity contribution is 6.30. The summed E-state index contributed by atoms with van der Waals surface area (Å²) in [5.74, 6) is 0.264. The molecule has 0 unspecified atom stereocenters. The summed E-state index contributed by atoms with van der Waals surface area (Å²) in [4.78, 5) is 14.0. The standard InChI is InChI=1S/C14H14ClNO/c15-11-6-4-10(5-7-11)13-9-8-12-2-1-3-14(17)16(12)13/h2,4-7,13H,1,3,8-9H2/t13-/m0/s1. The van der Waals surface area contributed by atoms with Gasteiger partial charge in [-0.3, -0.25) is 4.79 Å². The number of fused-ring (bicyclic) bond motifs is 1. The zero-order valence-electron chi connectivity index (χ0n) is 9.53. The van der Waals surface area contributed by atoms with Crippen molar-refractivity contribution in [2.45, 2.75) is 31.7 Å². The van der Waals surface area contributed by atoms with Crippen molar-refractivity contribution < 1.29 is 4.79 Å². The first-order chi connectivity index (χ1) is 8.25. The third-order valence-corrected chi connectivity index (χ3v) is 3.81. The highest BCUT2D eigenvalue weighted by atomic mass is 35.5. The molecular weight excluding hydrogens is 234 g/mol. The summed E-state index contributed by atoms with van der Waals surface area (Å²) < 4.78 is 0. The summed E-state index contributed by atoms with van der Waals surface area (Å²) in [6.07, 6.45) is 5.79. The van der Waals surface area contributed by atoms with Crippen LogP contribution in [0.5, 0.6) is 0 Å². The molecule has 1 fully saturated rings. The summed E-state index contributed by atoms with van der Waals surface area (Å²) in [6.45, 7) is 0. The number of hydrogen-bond donors (Lipinski definition) is 0. The van der Waals surface area contributed by atoms with Crippen LogP contribution >= 0.6 is 11.6 Å². The van der Waals surface area contributed by atoms with E-state index in [-0.39, 0.29) is 11.9 Å². The number of allylic oxidation sites excluding steroid dienone is 2. The Labute approximate surface area is 106 Å². The molecule has 0 spiro atoms. The fourth-order valence-electron chi connectivity index (χ4n) is 2.75. The topological polar surface area (TPSA) is 20.3 Å². The van der Waals surface area contributed by atoms with Crippen LogP contribution in [-0.4, -0.2) is 10.8 Å². The lowest BCUT2D eigenvalue weighted by Crippen LogP contribution is -2.31. The molecule has 88 valence electrons. The monoisotopic (exact) mass is 247 g/mol. The van der Waals surface area contributed by atoms with Crippen molar-refractivity contribution in [2.24, 2.45) is 0 Å². The number of benzene rings is 1. The Kier molecular flexibility index (Phi) is 2.67. The van der Waals surface area contributed by atoms with Crippen molar-refractivity contribution in [1.29, 1.82) is 0 Å². The van der Waals surface area contributed by atoms with Crippen LogP contribution in [0.15, 0.2) is 36.0 Å². The molecule has 3 rings (SSSR count). The van der Waals surface area contributed by atoms with Crippen LogP contribution in [0.1, 0.15) is 37.3 Å². The quantitative estimate of drug-likeness (QED) is 0.741. The van der Waals surface area contributed by atoms with Crippen molar-refractivity contribution in [1.82, 2.24) is 4.90 Å². The molecule has 17 heavy (non-hydrogen) atoms. The van der Waals surface area contributed by atoms with Gasteiger partial charge in [0.05, 0.1) is 6.04 Å². The van der Waals surface area contributed by atoms with Crippen LogP contribution < -0.4 is 0 Å². The predicted octanol–water partition coefficient (Wildman–Crippen LogP) is 3.68. The number of rotatable bonds is 1. The number of carbonyl (C=O) groups excluding carboxylic acids is 1. The molecule has 1 saturated heterocycles. The van der Waals surface area contributed by atoms with Crippen LogP contribution in [0.2, 0.25) is 5.02 Å². The molecular formula is C14H14ClNO. The minimum atomic E-state index is 0.214. The van der Waals surface area contributed by atoms with E-state index in [1.165, 1.54) is 11.3 Å². The Morgan fingerprint density at radius 1 is 1.18 bits per heavy atom. The normalized spacial score (nSPS) is 23.6. The molecule has 1 aromatic rings. The van der Waals surface area contributed by atoms with E-state index in [1.54, 1.807) is 0 Å². The van der Waals surface area contributed by atoms with Crippen LogP contribution in [0.4, 0.5) is 0 Å². The second-order valence-electron chi connectivity index (χ2n) is 4.60. The van der Waals surface area contributed by atoms with Gasteiger partial charge in [0.2, 0.25) is 5.91 Å². The minimum Gasteiger partial charge on any atom is -0.309 e. The molecule has 3 heteroatoms. The molecule has 1 amide bonds. The first kappa shape index (κ1) is 10.8. The molecule has 2 nitrogen and oxygen atoms in total. The summed E-state index contributed by atoms with van der Waals surface area (Å²) in [7, 11) is 0. The number of amides is 1. The Balaban J connectivity index is 1.94. The molecule has 2 aliphatic rings. The van der Waals surface area contributed by atoms with Gasteiger partial charge in [-0.25, -0.2) is 0 Å². The van der Waals surface area contributed by atoms with Gasteiger partial charge < -0.3 is 4.90 Å². The lowest BCUT2D eigenvalue weighted by molar-refractivity contribution is -0.131. The average Bonchev–Trinajstić information content (AvgIpc) is 2.75. The van der Waals surface area contributed by atoms with Gasteiger partial charge >= 0.3 is 0 Å². The number of nitrogens with zero attached hydrogens (tertiary/aromatic N) is 1. The smallest absolute Gasteiger partial charge is 0.227 e. The zero-order valence-corrected chi connectivity index (χ0v) is 10.3. The second kappa shape index (κ2) is 4.19. The molecule has 0 saturated carbocycles. The number of halogens is 1. The largest absolute Gasteiger partial charge is 0.309 e. The van der Waals surface area contributed by atoms with Gasteiger partial charge in [-0.15, -0.1) is 0 Å². The van der Waals surface area contributed by atoms with E-state index in [0.29, 0.717) is 6.42 Å². The summed E-state index contributed by atoms with van der Waals surface area (Å²) in [5.41, 5.74) is 2.40. The maximum absolute atomic E-state index is 12.0. The van der Waals surface area contributed by atoms with Crippen molar-refractivity contribution in [3.63, 3.8) is 0 Å². The van der Waals surface area contributed by atoms with Crippen molar-refractivity contribution >= 4 is 17.5 Å². The highest BCUT2D eigenvalue weighted by Crippen LogP contribution is 2.41. The molecule has 1 aromatic carbocycles. The van der Waals surface area contributed by atoms with E-state index in [0.717, 1.165) is 24.3 Å². The molecule has 0 radical (unpaired) electrons. The predicted molar refractivity (Wildman–Crippen MR) is 67.6 cm³/mol. The lowest BCUT2D eigenvalue weighted by Gasteiger charge is -2.28. The van der Waals surface area contributed by atoms with Crippen LogP contribution in [0.3, 0.4) is 0 Å². The summed E-state index contributed by atoms with van der Waals surface area (Å²) in [5, 5.41) is 0.743. The van der Waals surface area contributed by atoms with E-state index in [2.05, 4.69) is 6.08 Å². The molecule has 2 heterocycles. The van der Waals surface area contributed by atoms with Crippen molar-refractivity contribution in [2.75, 3.05) is 0 Å². The van der Waals surface area contributed by atoms with E-state index in [1.807, 2.05) is 29.2 Å². The van der Waals surface area contributed by atoms with Gasteiger partial charge in [-0.2, -0.15) is 0 Å². The van der Waals surface area contributed by atoms with E-state index in [9.17, 15) is 4.79 Å². The Morgan fingerprint density at radius 3 is 2.71 bits per heavy atom. The van der Waals surface area contributed by atoms with Gasteiger partial charge in [-0.1, -0.05) is 29.8 Å². The third kappa shape index (κ3) is 1.87. The zero-order chi connectivity index (χ0) is 11.8. The van der Waals surface area contributed by atoms with Crippen LogP contribution in [0.25, 0.3) is 0 Å². The average molecular weight is 248 g/mol. The van der Waals surface area contributed by atoms with Crippen molar-refractivity contribution in [3.8, 4) is 0 Å². The second-order valence-corrected chi connectivity index (χ2v) is 5.04. The summed E-state index contributed by atoms with van der Waals surface area (Å²) >= 11 is 5.89. The molecule has 0 bridgehead atoms. The SMILES string of the molecule is O=C1CCC=C2CC[C@@H](c3ccc(Cl)cc3)N12. The fourth-order valence-corrected chi connectivity index (χ4v) is 2.88. The minimum absolute atomic E-state index is 0.214. The van der Waals surface area contributed by atoms with Gasteiger partial charge in [-0.05, 0) is 37.0 Å². The molecule has 0 N–H and O–H groups in total. The first-order valence-corrected chi connectivity index (χ1v) is 6.40. The fraction of sp³-hybridized carbons (Fsp3) is 0.357. The number of carbonyl (C=O) groups is 1. The highest BCUT2D eigenvalue weighted by Gasteiger charge is 2.35. The first-order valence-electron chi connectivity index (χ1n) is 6.02. The molecule has 2 aliphatic heterocycles. The van der Waals surface area contributed by atoms with E-state index in [4.69, 9.17) is 11.6 Å². The van der Waals surface area contributed by atoms with Gasteiger partial charge in [0.15, 0.2) is 0 Å². The van der Waals surface area contributed by atoms with Crippen molar-refractivity contribution in [3.05, 3.63) is 46.6 Å². The lowest BCUT2D eigenvalue weighted by atomic mass is 10.0. The maximum Gasteiger partial charge on any atom is 0.227 e. The van der Waals surface area contributed by atoms with Gasteiger partial charge in [0.1, 0.15) is 0 Å². The Morgan fingerprint density at radius 2 is 1.94 bits per heavy atom. The van der Waals surface area contributed by atoms with Gasteiger partial charge in [0, 0.05) is 17.1 Å². The molecule has 0 aromatic heterocycles. The van der Waals surface area contributed by atoms with Crippen LogP contribution in [-0.2, 0) is 4.79 Å². The number of hydrogen-bond acceptors (Lipinski definition) is 1. The summed E-state index contributed by atoms with van der Waals surface area (Å²) in [6, 6.07) is 8.06. The molecule has 1 atom stereocenters. The Bertz CT molecular complexity index is 478. The molecule has 0 aliphatic carbocycles. The van der Waals surface area contributed by atoms with E-state index >= 15 is 0 Å².